The number of likely N-dealkylation sites (N-methyl/N-ethyl adjacent to an activating group) is 1. The molecule has 0 unspecified atom stereocenters. The van der Waals surface area contributed by atoms with E-state index >= 15 is 0 Å². The lowest BCUT2D eigenvalue weighted by molar-refractivity contribution is -0.113. The topological polar surface area (TPSA) is 104 Å². The zero-order chi connectivity index (χ0) is 28.2. The Hall–Kier alpha value is -3.31. The Bertz CT molecular complexity index is 1530. The third kappa shape index (κ3) is 7.21. The van der Waals surface area contributed by atoms with Crippen LogP contribution in [0, 0.1) is 0 Å². The Balaban J connectivity index is 1.34. The van der Waals surface area contributed by atoms with Gasteiger partial charge in [0.25, 0.3) is 5.91 Å². The summed E-state index contributed by atoms with van der Waals surface area (Å²) in [4.78, 5) is 17.0. The first kappa shape index (κ1) is 28.7. The molecule has 0 bridgehead atoms. The van der Waals surface area contributed by atoms with Gasteiger partial charge in [0, 0.05) is 50.2 Å². The number of likely N-dealkylation sites (tertiary alicyclic amines) is 1. The summed E-state index contributed by atoms with van der Waals surface area (Å²) in [7, 11) is -5.49. The molecule has 206 valence electrons. The highest BCUT2D eigenvalue weighted by Crippen LogP contribution is 2.23. The first-order valence-corrected chi connectivity index (χ1v) is 16.0. The number of rotatable bonds is 9. The molecular weight excluding hydrogens is 534 g/mol. The van der Waals surface area contributed by atoms with Gasteiger partial charge in [0.15, 0.2) is 9.84 Å². The molecule has 0 spiro atoms. The first-order chi connectivity index (χ1) is 18.4. The van der Waals surface area contributed by atoms with Gasteiger partial charge < -0.3 is 4.90 Å². The van der Waals surface area contributed by atoms with E-state index in [1.165, 1.54) is 46.9 Å². The van der Waals surface area contributed by atoms with Crippen LogP contribution in [0.1, 0.15) is 24.0 Å². The maximum Gasteiger partial charge on any atom is 0.258 e. The van der Waals surface area contributed by atoms with Crippen molar-refractivity contribution < 1.29 is 21.6 Å². The van der Waals surface area contributed by atoms with Crippen LogP contribution >= 0.6 is 0 Å². The second-order valence-electron chi connectivity index (χ2n) is 9.79. The van der Waals surface area contributed by atoms with Crippen LogP contribution in [0.3, 0.4) is 0 Å². The van der Waals surface area contributed by atoms with E-state index in [1.807, 2.05) is 18.2 Å². The number of anilines is 1. The number of hydrogen-bond acceptors (Lipinski definition) is 6. The largest absolute Gasteiger partial charge is 0.311 e. The minimum absolute atomic E-state index is 0.133. The van der Waals surface area contributed by atoms with Crippen molar-refractivity contribution in [1.29, 1.82) is 0 Å². The second-order valence-corrected chi connectivity index (χ2v) is 13.5. The summed E-state index contributed by atoms with van der Waals surface area (Å²) < 4.78 is 52.2. The molecule has 1 fully saturated rings. The lowest BCUT2D eigenvalue weighted by Gasteiger charge is -2.32. The maximum atomic E-state index is 13.0. The minimum atomic E-state index is -3.71. The average Bonchev–Trinajstić information content (AvgIpc) is 2.93. The SMILES string of the molecule is C=C(C(=O)N(C)c1ccc(S(=O)(=O)NC2CCN(Cc3ccccc3)CC2)cc1)c1ccc(S(C)(=O)=O)cc1. The standard InChI is InChI=1S/C29H33N3O5S2/c1-22(24-9-13-27(14-10-24)38(3,34)35)29(33)31(2)26-11-15-28(16-12-26)39(36,37)30-25-17-19-32(20-18-25)21-23-7-5-4-6-8-23/h4-16,25,30H,1,17-21H2,2-3H3. The van der Waals surface area contributed by atoms with Crippen molar-refractivity contribution in [3.8, 4) is 0 Å². The zero-order valence-electron chi connectivity index (χ0n) is 22.1. The van der Waals surface area contributed by atoms with Crippen molar-refractivity contribution in [2.75, 3.05) is 31.3 Å². The molecule has 39 heavy (non-hydrogen) atoms. The molecule has 1 saturated heterocycles. The van der Waals surface area contributed by atoms with Gasteiger partial charge in [-0.2, -0.15) is 0 Å². The van der Waals surface area contributed by atoms with E-state index < -0.39 is 25.8 Å². The third-order valence-electron chi connectivity index (χ3n) is 6.89. The van der Waals surface area contributed by atoms with Gasteiger partial charge in [0.1, 0.15) is 0 Å². The number of benzene rings is 3. The fourth-order valence-electron chi connectivity index (χ4n) is 4.53. The first-order valence-electron chi connectivity index (χ1n) is 12.6. The fraction of sp³-hybridized carbons (Fsp3) is 0.276. The van der Waals surface area contributed by atoms with Crippen LogP contribution in [0.2, 0.25) is 0 Å². The van der Waals surface area contributed by atoms with Crippen LogP contribution in [0.4, 0.5) is 5.69 Å². The Morgan fingerprint density at radius 2 is 1.46 bits per heavy atom. The van der Waals surface area contributed by atoms with Crippen LogP contribution in [-0.4, -0.2) is 60.1 Å². The van der Waals surface area contributed by atoms with E-state index in [4.69, 9.17) is 0 Å². The molecule has 8 nitrogen and oxygen atoms in total. The molecule has 0 atom stereocenters. The van der Waals surface area contributed by atoms with Crippen molar-refractivity contribution in [1.82, 2.24) is 9.62 Å². The Morgan fingerprint density at radius 1 is 0.897 bits per heavy atom. The van der Waals surface area contributed by atoms with E-state index in [-0.39, 0.29) is 21.4 Å². The highest BCUT2D eigenvalue weighted by atomic mass is 32.2. The van der Waals surface area contributed by atoms with Gasteiger partial charge in [-0.25, -0.2) is 21.6 Å². The molecule has 10 heteroatoms. The summed E-state index contributed by atoms with van der Waals surface area (Å²) >= 11 is 0. The molecule has 0 aromatic heterocycles. The number of carbonyl (C=O) groups is 1. The molecule has 0 aliphatic carbocycles. The average molecular weight is 568 g/mol. The maximum absolute atomic E-state index is 13.0. The number of nitrogens with one attached hydrogen (secondary N) is 1. The Labute approximate surface area is 230 Å². The number of hydrogen-bond donors (Lipinski definition) is 1. The van der Waals surface area contributed by atoms with Crippen LogP contribution in [0.15, 0.2) is 95.2 Å². The fourth-order valence-corrected chi connectivity index (χ4v) is 6.47. The van der Waals surface area contributed by atoms with E-state index in [1.54, 1.807) is 19.2 Å². The van der Waals surface area contributed by atoms with Crippen molar-refractivity contribution in [3.05, 3.63) is 96.6 Å². The molecule has 0 radical (unpaired) electrons. The molecule has 0 saturated carbocycles. The number of piperidine rings is 1. The van der Waals surface area contributed by atoms with Gasteiger partial charge in [0.05, 0.1) is 9.79 Å². The molecular formula is C29H33N3O5S2. The number of sulfone groups is 1. The van der Waals surface area contributed by atoms with Crippen LogP contribution in [-0.2, 0) is 31.2 Å². The second kappa shape index (κ2) is 11.8. The van der Waals surface area contributed by atoms with Crippen molar-refractivity contribution in [3.63, 3.8) is 0 Å². The lowest BCUT2D eigenvalue weighted by Crippen LogP contribution is -2.44. The molecule has 1 amide bonds. The molecule has 1 heterocycles. The monoisotopic (exact) mass is 567 g/mol. The van der Waals surface area contributed by atoms with Crippen molar-refractivity contribution in [2.45, 2.75) is 35.2 Å². The normalized spacial score (nSPS) is 15.1. The molecule has 1 N–H and O–H groups in total. The lowest BCUT2D eigenvalue weighted by atomic mass is 10.1. The van der Waals surface area contributed by atoms with Gasteiger partial charge in [-0.15, -0.1) is 0 Å². The Morgan fingerprint density at radius 3 is 2.03 bits per heavy atom. The number of nitrogens with zero attached hydrogens (tertiary/aromatic N) is 2. The van der Waals surface area contributed by atoms with Crippen molar-refractivity contribution >= 4 is 37.0 Å². The van der Waals surface area contributed by atoms with Gasteiger partial charge in [-0.05, 0) is 60.4 Å². The number of carbonyl (C=O) groups excluding carboxylic acids is 1. The molecule has 3 aromatic carbocycles. The van der Waals surface area contributed by atoms with E-state index in [2.05, 4.69) is 28.3 Å². The van der Waals surface area contributed by atoms with Crippen LogP contribution < -0.4 is 9.62 Å². The van der Waals surface area contributed by atoms with Gasteiger partial charge in [0.2, 0.25) is 10.0 Å². The summed E-state index contributed by atoms with van der Waals surface area (Å²) in [6.45, 7) is 6.35. The van der Waals surface area contributed by atoms with Crippen LogP contribution in [0.5, 0.6) is 0 Å². The molecule has 1 aliphatic heterocycles. The van der Waals surface area contributed by atoms with Crippen LogP contribution in [0.25, 0.3) is 5.57 Å². The van der Waals surface area contributed by atoms with Crippen molar-refractivity contribution in [2.24, 2.45) is 0 Å². The van der Waals surface area contributed by atoms with E-state index in [0.717, 1.165) is 38.7 Å². The Kier molecular flexibility index (Phi) is 8.70. The number of sulfonamides is 1. The molecule has 1 aliphatic rings. The highest BCUT2D eigenvalue weighted by Gasteiger charge is 2.25. The highest BCUT2D eigenvalue weighted by molar-refractivity contribution is 7.90. The van der Waals surface area contributed by atoms with Gasteiger partial charge >= 0.3 is 0 Å². The predicted molar refractivity (Wildman–Crippen MR) is 154 cm³/mol. The summed E-state index contributed by atoms with van der Waals surface area (Å²) in [5, 5.41) is 0. The quantitative estimate of drug-likeness (QED) is 0.396. The van der Waals surface area contributed by atoms with E-state index in [9.17, 15) is 21.6 Å². The van der Waals surface area contributed by atoms with Gasteiger partial charge in [-0.1, -0.05) is 49.0 Å². The molecule has 3 aromatic rings. The minimum Gasteiger partial charge on any atom is -0.311 e. The predicted octanol–water partition coefficient (Wildman–Crippen LogP) is 3.71. The summed E-state index contributed by atoms with van der Waals surface area (Å²) in [5.74, 6) is -0.391. The van der Waals surface area contributed by atoms with Gasteiger partial charge in [-0.3, -0.25) is 9.69 Å². The summed E-state index contributed by atoms with van der Waals surface area (Å²) in [6, 6.07) is 22.2. The number of amides is 1. The smallest absolute Gasteiger partial charge is 0.258 e. The third-order valence-corrected chi connectivity index (χ3v) is 9.55. The summed E-state index contributed by atoms with van der Waals surface area (Å²) in [5.41, 5.74) is 2.43. The zero-order valence-corrected chi connectivity index (χ0v) is 23.7. The summed E-state index contributed by atoms with van der Waals surface area (Å²) in [6.07, 6.45) is 2.58. The van der Waals surface area contributed by atoms with E-state index in [0.29, 0.717) is 11.3 Å². The molecule has 4 rings (SSSR count).